The van der Waals surface area contributed by atoms with Gasteiger partial charge in [-0.3, -0.25) is 0 Å². The Bertz CT molecular complexity index is 114. The monoisotopic (exact) mass is 140 g/mol. The first-order valence-corrected chi connectivity index (χ1v) is 3.70. The second-order valence-electron chi connectivity index (χ2n) is 2.48. The van der Waals surface area contributed by atoms with E-state index >= 15 is 0 Å². The molecule has 0 aliphatic rings. The van der Waals surface area contributed by atoms with Crippen molar-refractivity contribution in [3.05, 3.63) is 24.3 Å². The van der Waals surface area contributed by atoms with Gasteiger partial charge in [-0.15, -0.1) is 0 Å². The molecule has 1 unspecified atom stereocenters. The topological polar surface area (TPSA) is 20.2 Å². The number of allylic oxidation sites excluding steroid dienone is 4. The highest BCUT2D eigenvalue weighted by atomic mass is 16.3. The van der Waals surface area contributed by atoms with Gasteiger partial charge in [0.25, 0.3) is 0 Å². The molecule has 0 fully saturated rings. The standard InChI is InChI=1S/C9H16O/c1-3-4-5-6-7-9(2)8-10/h3-6,9-10H,7-8H2,1-2H3/b4-3+,6-5+. The molecule has 1 heteroatoms. The van der Waals surface area contributed by atoms with E-state index in [0.29, 0.717) is 5.92 Å². The third-order valence-corrected chi connectivity index (χ3v) is 1.29. The Hall–Kier alpha value is -0.560. The Labute approximate surface area is 63.1 Å². The predicted molar refractivity (Wildman–Crippen MR) is 44.8 cm³/mol. The second kappa shape index (κ2) is 6.56. The van der Waals surface area contributed by atoms with E-state index in [2.05, 4.69) is 6.08 Å². The minimum absolute atomic E-state index is 0.278. The summed E-state index contributed by atoms with van der Waals surface area (Å²) >= 11 is 0. The molecule has 0 aromatic carbocycles. The number of rotatable bonds is 4. The van der Waals surface area contributed by atoms with E-state index in [1.165, 1.54) is 0 Å². The molecule has 1 atom stereocenters. The maximum absolute atomic E-state index is 8.64. The highest BCUT2D eigenvalue weighted by Gasteiger charge is 1.93. The number of aliphatic hydroxyl groups excluding tert-OH is 1. The van der Waals surface area contributed by atoms with Crippen molar-refractivity contribution < 1.29 is 5.11 Å². The SMILES string of the molecule is C/C=C/C=C/CC(C)CO. The van der Waals surface area contributed by atoms with Crippen molar-refractivity contribution in [3.8, 4) is 0 Å². The fraction of sp³-hybridized carbons (Fsp3) is 0.556. The van der Waals surface area contributed by atoms with E-state index in [1.54, 1.807) is 0 Å². The summed E-state index contributed by atoms with van der Waals surface area (Å²) in [6.45, 7) is 4.29. The van der Waals surface area contributed by atoms with E-state index in [-0.39, 0.29) is 6.61 Å². The van der Waals surface area contributed by atoms with Gasteiger partial charge < -0.3 is 5.11 Å². The van der Waals surface area contributed by atoms with E-state index in [0.717, 1.165) is 6.42 Å². The zero-order chi connectivity index (χ0) is 7.82. The summed E-state index contributed by atoms with van der Waals surface area (Å²) < 4.78 is 0. The van der Waals surface area contributed by atoms with Gasteiger partial charge in [0, 0.05) is 6.61 Å². The second-order valence-corrected chi connectivity index (χ2v) is 2.48. The molecular weight excluding hydrogens is 124 g/mol. The molecule has 1 nitrogen and oxygen atoms in total. The molecule has 0 saturated carbocycles. The van der Waals surface area contributed by atoms with Crippen LogP contribution in [0.3, 0.4) is 0 Å². The van der Waals surface area contributed by atoms with Crippen LogP contribution in [0.25, 0.3) is 0 Å². The number of hydrogen-bond donors (Lipinski definition) is 1. The molecule has 0 aliphatic carbocycles. The quantitative estimate of drug-likeness (QED) is 0.593. The first-order chi connectivity index (χ1) is 4.81. The summed E-state index contributed by atoms with van der Waals surface area (Å²) in [7, 11) is 0. The average molecular weight is 140 g/mol. The van der Waals surface area contributed by atoms with Gasteiger partial charge in [0.2, 0.25) is 0 Å². The van der Waals surface area contributed by atoms with E-state index in [1.807, 2.05) is 32.1 Å². The highest BCUT2D eigenvalue weighted by Crippen LogP contribution is 2.00. The lowest BCUT2D eigenvalue weighted by molar-refractivity contribution is 0.239. The largest absolute Gasteiger partial charge is 0.396 e. The molecule has 0 saturated heterocycles. The maximum atomic E-state index is 8.64. The Morgan fingerprint density at radius 1 is 1.40 bits per heavy atom. The molecule has 58 valence electrons. The van der Waals surface area contributed by atoms with Crippen LogP contribution in [0, 0.1) is 5.92 Å². The number of hydrogen-bond acceptors (Lipinski definition) is 1. The van der Waals surface area contributed by atoms with Gasteiger partial charge in [-0.05, 0) is 19.3 Å². The molecule has 1 N–H and O–H groups in total. The summed E-state index contributed by atoms with van der Waals surface area (Å²) in [4.78, 5) is 0. The number of aliphatic hydroxyl groups is 1. The van der Waals surface area contributed by atoms with Gasteiger partial charge in [-0.2, -0.15) is 0 Å². The zero-order valence-electron chi connectivity index (χ0n) is 6.75. The molecule has 0 amide bonds. The van der Waals surface area contributed by atoms with Gasteiger partial charge in [0.1, 0.15) is 0 Å². The molecule has 10 heavy (non-hydrogen) atoms. The van der Waals surface area contributed by atoms with Gasteiger partial charge >= 0.3 is 0 Å². The first kappa shape index (κ1) is 9.44. The molecule has 0 bridgehead atoms. The molecule has 0 rings (SSSR count). The van der Waals surface area contributed by atoms with Gasteiger partial charge in [0.05, 0.1) is 0 Å². The van der Waals surface area contributed by atoms with Crippen molar-refractivity contribution in [3.63, 3.8) is 0 Å². The lowest BCUT2D eigenvalue weighted by Gasteiger charge is -2.00. The molecular formula is C9H16O. The van der Waals surface area contributed by atoms with Crippen LogP contribution in [-0.4, -0.2) is 11.7 Å². The van der Waals surface area contributed by atoms with E-state index in [4.69, 9.17) is 5.11 Å². The van der Waals surface area contributed by atoms with Crippen LogP contribution in [0.5, 0.6) is 0 Å². The summed E-state index contributed by atoms with van der Waals surface area (Å²) in [5, 5.41) is 8.64. The molecule has 0 heterocycles. The normalized spacial score (nSPS) is 15.1. The van der Waals surface area contributed by atoms with Crippen molar-refractivity contribution in [2.75, 3.05) is 6.61 Å². The van der Waals surface area contributed by atoms with Gasteiger partial charge in [0.15, 0.2) is 0 Å². The smallest absolute Gasteiger partial charge is 0.0459 e. The lowest BCUT2D eigenvalue weighted by atomic mass is 10.1. The van der Waals surface area contributed by atoms with Crippen molar-refractivity contribution in [2.45, 2.75) is 20.3 Å². The minimum atomic E-state index is 0.278. The summed E-state index contributed by atoms with van der Waals surface area (Å²) in [5.74, 6) is 0.390. The molecule has 0 aromatic heterocycles. The lowest BCUT2D eigenvalue weighted by Crippen LogP contribution is -1.97. The van der Waals surface area contributed by atoms with Crippen LogP contribution in [0.2, 0.25) is 0 Å². The van der Waals surface area contributed by atoms with E-state index in [9.17, 15) is 0 Å². The summed E-state index contributed by atoms with van der Waals surface area (Å²) in [6.07, 6.45) is 9.01. The van der Waals surface area contributed by atoms with Crippen LogP contribution in [0.1, 0.15) is 20.3 Å². The fourth-order valence-electron chi connectivity index (χ4n) is 0.575. The fourth-order valence-corrected chi connectivity index (χ4v) is 0.575. The minimum Gasteiger partial charge on any atom is -0.396 e. The van der Waals surface area contributed by atoms with Crippen molar-refractivity contribution in [2.24, 2.45) is 5.92 Å². The van der Waals surface area contributed by atoms with Gasteiger partial charge in [-0.25, -0.2) is 0 Å². The van der Waals surface area contributed by atoms with Crippen LogP contribution in [0.15, 0.2) is 24.3 Å². The van der Waals surface area contributed by atoms with Crippen molar-refractivity contribution >= 4 is 0 Å². The van der Waals surface area contributed by atoms with Crippen LogP contribution in [0.4, 0.5) is 0 Å². The summed E-state index contributed by atoms with van der Waals surface area (Å²) in [6, 6.07) is 0. The Kier molecular flexibility index (Phi) is 6.19. The highest BCUT2D eigenvalue weighted by molar-refractivity contribution is 5.01. The predicted octanol–water partition coefficient (Wildman–Crippen LogP) is 2.14. The molecule has 0 aliphatic heterocycles. The molecule has 0 radical (unpaired) electrons. The van der Waals surface area contributed by atoms with Crippen molar-refractivity contribution in [1.29, 1.82) is 0 Å². The third kappa shape index (κ3) is 5.57. The average Bonchev–Trinajstić information content (AvgIpc) is 1.98. The Balaban J connectivity index is 3.33. The van der Waals surface area contributed by atoms with Crippen LogP contribution < -0.4 is 0 Å². The third-order valence-electron chi connectivity index (χ3n) is 1.29. The summed E-state index contributed by atoms with van der Waals surface area (Å²) in [5.41, 5.74) is 0. The zero-order valence-corrected chi connectivity index (χ0v) is 6.75. The van der Waals surface area contributed by atoms with Gasteiger partial charge in [-0.1, -0.05) is 31.2 Å². The van der Waals surface area contributed by atoms with E-state index < -0.39 is 0 Å². The van der Waals surface area contributed by atoms with Crippen LogP contribution >= 0.6 is 0 Å². The maximum Gasteiger partial charge on any atom is 0.0459 e. The molecule has 0 aromatic rings. The van der Waals surface area contributed by atoms with Crippen molar-refractivity contribution in [1.82, 2.24) is 0 Å². The Morgan fingerprint density at radius 2 is 2.10 bits per heavy atom. The Morgan fingerprint density at radius 3 is 2.60 bits per heavy atom. The first-order valence-electron chi connectivity index (χ1n) is 3.70. The van der Waals surface area contributed by atoms with Crippen LogP contribution in [-0.2, 0) is 0 Å². The molecule has 0 spiro atoms.